The molecule has 0 heterocycles. The molecule has 0 fully saturated rings. The Morgan fingerprint density at radius 2 is 1.50 bits per heavy atom. The smallest absolute Gasteiger partial charge is 0.00663 e. The highest BCUT2D eigenvalue weighted by atomic mass is 14.9. The molecule has 0 aromatic rings. The van der Waals surface area contributed by atoms with Crippen molar-refractivity contribution in [2.45, 2.75) is 40.7 Å². The summed E-state index contributed by atoms with van der Waals surface area (Å²) in [5.74, 6) is 0.720. The van der Waals surface area contributed by atoms with Crippen molar-refractivity contribution >= 4 is 0 Å². The van der Waals surface area contributed by atoms with Gasteiger partial charge >= 0.3 is 0 Å². The lowest BCUT2D eigenvalue weighted by Crippen LogP contribution is -2.36. The van der Waals surface area contributed by atoms with E-state index in [4.69, 9.17) is 0 Å². The summed E-state index contributed by atoms with van der Waals surface area (Å²) in [6.45, 7) is 11.4. The highest BCUT2D eigenvalue weighted by Gasteiger charge is 2.23. The minimum Gasteiger partial charge on any atom is -0.317 e. The molecule has 0 spiro atoms. The molecule has 0 aliphatic rings. The van der Waals surface area contributed by atoms with Crippen LogP contribution in [0.4, 0.5) is 0 Å². The highest BCUT2D eigenvalue weighted by Crippen LogP contribution is 2.27. The van der Waals surface area contributed by atoms with Crippen LogP contribution in [0, 0.1) is 11.3 Å². The molecule has 0 aliphatic heterocycles. The molecule has 10 heavy (non-hydrogen) atoms. The van der Waals surface area contributed by atoms with Crippen LogP contribution in [-0.2, 0) is 0 Å². The van der Waals surface area contributed by atoms with Gasteiger partial charge in [-0.1, -0.05) is 27.7 Å². The van der Waals surface area contributed by atoms with E-state index >= 15 is 0 Å². The van der Waals surface area contributed by atoms with Gasteiger partial charge in [0.15, 0.2) is 0 Å². The molecule has 0 amide bonds. The molecular weight excluding hydrogens is 122 g/mol. The molecule has 1 nitrogen and oxygen atoms in total. The van der Waals surface area contributed by atoms with Crippen LogP contribution in [0.25, 0.3) is 0 Å². The summed E-state index contributed by atoms with van der Waals surface area (Å²) in [7, 11) is 2.02. The van der Waals surface area contributed by atoms with E-state index in [1.165, 1.54) is 0 Å². The molecule has 0 aromatic carbocycles. The van der Waals surface area contributed by atoms with Crippen LogP contribution in [-0.4, -0.2) is 13.1 Å². The van der Waals surface area contributed by atoms with Crippen molar-refractivity contribution in [3.8, 4) is 0 Å². The average Bonchev–Trinajstić information content (AvgIpc) is 1.83. The molecule has 0 saturated heterocycles. The second-order valence-electron chi connectivity index (χ2n) is 4.23. The van der Waals surface area contributed by atoms with Crippen molar-refractivity contribution in [3.63, 3.8) is 0 Å². The van der Waals surface area contributed by atoms with Crippen molar-refractivity contribution in [2.24, 2.45) is 11.3 Å². The lowest BCUT2D eigenvalue weighted by Gasteiger charge is -2.32. The highest BCUT2D eigenvalue weighted by molar-refractivity contribution is 4.77. The van der Waals surface area contributed by atoms with Gasteiger partial charge in [-0.2, -0.15) is 0 Å². The summed E-state index contributed by atoms with van der Waals surface area (Å²) in [5.41, 5.74) is 0.419. The Kier molecular flexibility index (Phi) is 3.37. The van der Waals surface area contributed by atoms with Gasteiger partial charge in [0.25, 0.3) is 0 Å². The zero-order valence-electron chi connectivity index (χ0n) is 8.15. The summed E-state index contributed by atoms with van der Waals surface area (Å²) in [4.78, 5) is 0. The molecule has 0 rings (SSSR count). The first-order valence-corrected chi connectivity index (χ1v) is 4.07. The molecular formula is C9H21N. The molecule has 62 valence electrons. The zero-order chi connectivity index (χ0) is 8.36. The molecule has 1 heteroatoms. The van der Waals surface area contributed by atoms with E-state index in [2.05, 4.69) is 39.9 Å². The number of hydrogen-bond donors (Lipinski definition) is 1. The molecule has 0 aromatic heterocycles. The lowest BCUT2D eigenvalue weighted by atomic mass is 9.78. The van der Waals surface area contributed by atoms with Crippen molar-refractivity contribution in [1.29, 1.82) is 0 Å². The van der Waals surface area contributed by atoms with Gasteiger partial charge in [-0.3, -0.25) is 0 Å². The topological polar surface area (TPSA) is 12.0 Å². The monoisotopic (exact) mass is 143 g/mol. The lowest BCUT2D eigenvalue weighted by molar-refractivity contribution is 0.212. The summed E-state index contributed by atoms with van der Waals surface area (Å²) >= 11 is 0. The minimum absolute atomic E-state index is 0.419. The molecule has 1 unspecified atom stereocenters. The van der Waals surface area contributed by atoms with E-state index in [9.17, 15) is 0 Å². The maximum Gasteiger partial charge on any atom is 0.00663 e. The van der Waals surface area contributed by atoms with Gasteiger partial charge in [-0.25, -0.2) is 0 Å². The van der Waals surface area contributed by atoms with Crippen molar-refractivity contribution < 1.29 is 0 Å². The van der Waals surface area contributed by atoms with Gasteiger partial charge in [0.1, 0.15) is 0 Å². The van der Waals surface area contributed by atoms with Gasteiger partial charge in [0.05, 0.1) is 0 Å². The first-order chi connectivity index (χ1) is 4.39. The largest absolute Gasteiger partial charge is 0.317 e. The van der Waals surface area contributed by atoms with E-state index in [0.717, 1.165) is 5.92 Å². The Labute approximate surface area is 65.2 Å². The van der Waals surface area contributed by atoms with Gasteiger partial charge < -0.3 is 5.32 Å². The van der Waals surface area contributed by atoms with Crippen LogP contribution in [0.3, 0.4) is 0 Å². The SMILES string of the molecule is CNC(C)[C@H](C)C(C)(C)C. The Morgan fingerprint density at radius 1 is 1.10 bits per heavy atom. The van der Waals surface area contributed by atoms with Crippen LogP contribution in [0.1, 0.15) is 34.6 Å². The minimum atomic E-state index is 0.419. The predicted octanol–water partition coefficient (Wildman–Crippen LogP) is 2.28. The molecule has 0 saturated carbocycles. The van der Waals surface area contributed by atoms with Gasteiger partial charge in [-0.15, -0.1) is 0 Å². The van der Waals surface area contributed by atoms with Crippen LogP contribution >= 0.6 is 0 Å². The fourth-order valence-electron chi connectivity index (χ4n) is 1.00. The Morgan fingerprint density at radius 3 is 1.60 bits per heavy atom. The molecule has 0 aliphatic carbocycles. The normalized spacial score (nSPS) is 18.6. The molecule has 2 atom stereocenters. The second-order valence-corrected chi connectivity index (χ2v) is 4.23. The van der Waals surface area contributed by atoms with Gasteiger partial charge in [0, 0.05) is 6.04 Å². The van der Waals surface area contributed by atoms with E-state index in [1.807, 2.05) is 7.05 Å². The van der Waals surface area contributed by atoms with E-state index < -0.39 is 0 Å². The van der Waals surface area contributed by atoms with Crippen LogP contribution < -0.4 is 5.32 Å². The maximum atomic E-state index is 3.27. The molecule has 1 N–H and O–H groups in total. The summed E-state index contributed by atoms with van der Waals surface area (Å²) < 4.78 is 0. The van der Waals surface area contributed by atoms with Gasteiger partial charge in [-0.05, 0) is 25.3 Å². The Hall–Kier alpha value is -0.0400. The predicted molar refractivity (Wildman–Crippen MR) is 47.1 cm³/mol. The summed E-state index contributed by atoms with van der Waals surface area (Å²) in [6.07, 6.45) is 0. The number of rotatable bonds is 2. The Bertz CT molecular complexity index is 91.4. The fraction of sp³-hybridized carbons (Fsp3) is 1.00. The Balaban J connectivity index is 3.94. The third-order valence-corrected chi connectivity index (χ3v) is 2.57. The van der Waals surface area contributed by atoms with Crippen molar-refractivity contribution in [1.82, 2.24) is 5.32 Å². The third kappa shape index (κ3) is 2.70. The molecule has 0 radical (unpaired) electrons. The van der Waals surface area contributed by atoms with Crippen LogP contribution in [0.2, 0.25) is 0 Å². The van der Waals surface area contributed by atoms with Crippen molar-refractivity contribution in [2.75, 3.05) is 7.05 Å². The fourth-order valence-corrected chi connectivity index (χ4v) is 1.00. The van der Waals surface area contributed by atoms with Crippen LogP contribution in [0.15, 0.2) is 0 Å². The standard InChI is InChI=1S/C9H21N/c1-7(8(2)10-6)9(3,4)5/h7-8,10H,1-6H3/t7-,8?/m0/s1. The summed E-state index contributed by atoms with van der Waals surface area (Å²) in [6, 6.07) is 0.611. The first-order valence-electron chi connectivity index (χ1n) is 4.07. The number of nitrogens with one attached hydrogen (secondary N) is 1. The maximum absolute atomic E-state index is 3.27. The van der Waals surface area contributed by atoms with E-state index in [1.54, 1.807) is 0 Å². The summed E-state index contributed by atoms with van der Waals surface area (Å²) in [5, 5.41) is 3.27. The average molecular weight is 143 g/mol. The molecule has 0 bridgehead atoms. The second kappa shape index (κ2) is 3.38. The first kappa shape index (κ1) is 9.96. The van der Waals surface area contributed by atoms with E-state index in [0.29, 0.717) is 11.5 Å². The third-order valence-electron chi connectivity index (χ3n) is 2.57. The number of hydrogen-bond acceptors (Lipinski definition) is 1. The van der Waals surface area contributed by atoms with Crippen molar-refractivity contribution in [3.05, 3.63) is 0 Å². The zero-order valence-corrected chi connectivity index (χ0v) is 8.15. The van der Waals surface area contributed by atoms with Crippen LogP contribution in [0.5, 0.6) is 0 Å². The van der Waals surface area contributed by atoms with E-state index in [-0.39, 0.29) is 0 Å². The quantitative estimate of drug-likeness (QED) is 0.625. The van der Waals surface area contributed by atoms with Gasteiger partial charge in [0.2, 0.25) is 0 Å².